The van der Waals surface area contributed by atoms with Crippen molar-refractivity contribution in [3.05, 3.63) is 29.8 Å². The van der Waals surface area contributed by atoms with Gasteiger partial charge in [-0.15, -0.1) is 0 Å². The summed E-state index contributed by atoms with van der Waals surface area (Å²) in [6.07, 6.45) is 3.23. The Hall–Kier alpha value is -1.97. The van der Waals surface area contributed by atoms with E-state index in [1.54, 1.807) is 11.8 Å². The van der Waals surface area contributed by atoms with Crippen LogP contribution < -0.4 is 0 Å². The molecule has 0 aromatic heterocycles. The van der Waals surface area contributed by atoms with Crippen LogP contribution >= 0.6 is 0 Å². The van der Waals surface area contributed by atoms with Crippen molar-refractivity contribution < 1.29 is 27.6 Å². The smallest absolute Gasteiger partial charge is 0.338 e. The lowest BCUT2D eigenvalue weighted by Crippen LogP contribution is -2.40. The fourth-order valence-electron chi connectivity index (χ4n) is 2.84. The number of hydrogen-bond donors (Lipinski definition) is 0. The monoisotopic (exact) mass is 398 g/mol. The maximum atomic E-state index is 12.5. The molecule has 8 nitrogen and oxygen atoms in total. The Bertz CT molecular complexity index is 755. The summed E-state index contributed by atoms with van der Waals surface area (Å²) in [6.45, 7) is 2.91. The van der Waals surface area contributed by atoms with E-state index in [0.29, 0.717) is 13.1 Å². The van der Waals surface area contributed by atoms with Gasteiger partial charge in [0.25, 0.3) is 15.9 Å². The van der Waals surface area contributed by atoms with E-state index in [4.69, 9.17) is 9.57 Å². The average molecular weight is 398 g/mol. The van der Waals surface area contributed by atoms with Crippen LogP contribution in [0.5, 0.6) is 0 Å². The Kier molecular flexibility index (Phi) is 7.34. The topological polar surface area (TPSA) is 93.2 Å². The van der Waals surface area contributed by atoms with Gasteiger partial charge in [-0.25, -0.2) is 13.2 Å². The summed E-state index contributed by atoms with van der Waals surface area (Å²) in [5.41, 5.74) is 0.171. The first-order valence-corrected chi connectivity index (χ1v) is 10.3. The zero-order chi connectivity index (χ0) is 20.0. The Morgan fingerprint density at radius 1 is 1.07 bits per heavy atom. The largest absolute Gasteiger partial charge is 0.449 e. The number of esters is 1. The van der Waals surface area contributed by atoms with Crippen molar-refractivity contribution >= 4 is 21.9 Å². The summed E-state index contributed by atoms with van der Waals surface area (Å²) in [4.78, 5) is 31.2. The van der Waals surface area contributed by atoms with Crippen LogP contribution in [0, 0.1) is 0 Å². The van der Waals surface area contributed by atoms with Gasteiger partial charge in [0.2, 0.25) is 0 Å². The van der Waals surface area contributed by atoms with E-state index in [-0.39, 0.29) is 16.4 Å². The summed E-state index contributed by atoms with van der Waals surface area (Å²) in [5, 5.41) is 0. The molecule has 1 amide bonds. The minimum atomic E-state index is -3.79. The number of carbonyl (C=O) groups excluding carboxylic acids is 2. The standard InChI is InChI=1S/C18H26N2O6S/c1-14(17(21)20-12-6-4-5-7-13-20)26-18(22)15-8-10-16(11-9-15)27(23,24)19(2)25-3/h8-11,14H,4-7,12-13H2,1-3H3/t14-/m1/s1. The SMILES string of the molecule is CON(C)S(=O)(=O)c1ccc(C(=O)O[C@H](C)C(=O)N2CCCCCC2)cc1. The van der Waals surface area contributed by atoms with Crippen molar-refractivity contribution in [2.24, 2.45) is 0 Å². The third-order valence-electron chi connectivity index (χ3n) is 4.53. The van der Waals surface area contributed by atoms with Crippen molar-refractivity contribution in [2.45, 2.75) is 43.6 Å². The molecule has 1 heterocycles. The van der Waals surface area contributed by atoms with Crippen molar-refractivity contribution in [1.29, 1.82) is 0 Å². The second-order valence-electron chi connectivity index (χ2n) is 6.41. The maximum absolute atomic E-state index is 12.5. The van der Waals surface area contributed by atoms with E-state index < -0.39 is 22.1 Å². The second kappa shape index (κ2) is 9.29. The Balaban J connectivity index is 2.02. The zero-order valence-corrected chi connectivity index (χ0v) is 16.7. The van der Waals surface area contributed by atoms with E-state index in [9.17, 15) is 18.0 Å². The molecule has 1 aliphatic heterocycles. The maximum Gasteiger partial charge on any atom is 0.338 e. The van der Waals surface area contributed by atoms with Gasteiger partial charge in [-0.3, -0.25) is 9.63 Å². The zero-order valence-electron chi connectivity index (χ0n) is 15.9. The van der Waals surface area contributed by atoms with Crippen LogP contribution in [0.4, 0.5) is 0 Å². The van der Waals surface area contributed by atoms with Crippen molar-refractivity contribution in [3.8, 4) is 0 Å². The lowest BCUT2D eigenvalue weighted by Gasteiger charge is -2.24. The van der Waals surface area contributed by atoms with Crippen LogP contribution in [0.25, 0.3) is 0 Å². The van der Waals surface area contributed by atoms with Gasteiger partial charge in [-0.05, 0) is 44.0 Å². The van der Waals surface area contributed by atoms with E-state index >= 15 is 0 Å². The van der Waals surface area contributed by atoms with Gasteiger partial charge in [0.05, 0.1) is 17.6 Å². The molecule has 150 valence electrons. The number of likely N-dealkylation sites (tertiary alicyclic amines) is 1. The Morgan fingerprint density at radius 2 is 1.63 bits per heavy atom. The van der Waals surface area contributed by atoms with Gasteiger partial charge >= 0.3 is 5.97 Å². The number of hydroxylamine groups is 1. The van der Waals surface area contributed by atoms with E-state index in [2.05, 4.69) is 0 Å². The molecule has 0 spiro atoms. The number of carbonyl (C=O) groups is 2. The molecule has 1 aromatic rings. The molecule has 2 rings (SSSR count). The molecule has 1 aromatic carbocycles. The molecule has 0 aliphatic carbocycles. The molecule has 1 atom stereocenters. The predicted octanol–water partition coefficient (Wildman–Crippen LogP) is 1.82. The quantitative estimate of drug-likeness (QED) is 0.536. The van der Waals surface area contributed by atoms with Crippen LogP contribution in [0.1, 0.15) is 43.0 Å². The molecule has 0 unspecified atom stereocenters. The molecular weight excluding hydrogens is 372 g/mol. The number of hydrogen-bond acceptors (Lipinski definition) is 6. The molecule has 0 bridgehead atoms. The molecule has 0 saturated carbocycles. The highest BCUT2D eigenvalue weighted by molar-refractivity contribution is 7.89. The first kappa shape index (κ1) is 21.3. The van der Waals surface area contributed by atoms with Gasteiger partial charge in [0.15, 0.2) is 6.10 Å². The number of sulfonamides is 1. The average Bonchev–Trinajstić information content (AvgIpc) is 2.96. The van der Waals surface area contributed by atoms with Gasteiger partial charge < -0.3 is 9.64 Å². The number of amides is 1. The minimum absolute atomic E-state index is 0.0166. The molecule has 1 fully saturated rings. The molecule has 1 aliphatic rings. The van der Waals surface area contributed by atoms with Crippen LogP contribution in [0.3, 0.4) is 0 Å². The van der Waals surface area contributed by atoms with E-state index in [0.717, 1.165) is 30.2 Å². The fraction of sp³-hybridized carbons (Fsp3) is 0.556. The summed E-state index contributed by atoms with van der Waals surface area (Å²) < 4.78 is 30.3. The number of rotatable bonds is 6. The normalized spacial score (nSPS) is 16.7. The van der Waals surface area contributed by atoms with Gasteiger partial charge in [-0.1, -0.05) is 17.3 Å². The lowest BCUT2D eigenvalue weighted by molar-refractivity contribution is -0.139. The third-order valence-corrected chi connectivity index (χ3v) is 6.23. The molecule has 1 saturated heterocycles. The summed E-state index contributed by atoms with van der Waals surface area (Å²) >= 11 is 0. The highest BCUT2D eigenvalue weighted by atomic mass is 32.2. The summed E-state index contributed by atoms with van der Waals surface area (Å²) in [7, 11) is -1.27. The first-order chi connectivity index (χ1) is 12.8. The molecule has 9 heteroatoms. The van der Waals surface area contributed by atoms with Gasteiger partial charge in [0, 0.05) is 20.1 Å². The minimum Gasteiger partial charge on any atom is -0.449 e. The van der Waals surface area contributed by atoms with Gasteiger partial charge in [-0.2, -0.15) is 0 Å². The number of benzene rings is 1. The van der Waals surface area contributed by atoms with Gasteiger partial charge in [0.1, 0.15) is 0 Å². The molecule has 27 heavy (non-hydrogen) atoms. The Labute approximate surface area is 160 Å². The third kappa shape index (κ3) is 5.27. The highest BCUT2D eigenvalue weighted by Crippen LogP contribution is 2.17. The predicted molar refractivity (Wildman–Crippen MR) is 98.3 cm³/mol. The van der Waals surface area contributed by atoms with Crippen LogP contribution in [0.2, 0.25) is 0 Å². The summed E-state index contributed by atoms with van der Waals surface area (Å²) in [6, 6.07) is 5.29. The second-order valence-corrected chi connectivity index (χ2v) is 8.34. The van der Waals surface area contributed by atoms with Crippen molar-refractivity contribution in [2.75, 3.05) is 27.2 Å². The Morgan fingerprint density at radius 3 is 2.15 bits per heavy atom. The van der Waals surface area contributed by atoms with Crippen molar-refractivity contribution in [1.82, 2.24) is 9.37 Å². The van der Waals surface area contributed by atoms with Crippen LogP contribution in [0.15, 0.2) is 29.2 Å². The van der Waals surface area contributed by atoms with Crippen molar-refractivity contribution in [3.63, 3.8) is 0 Å². The molecular formula is C18H26N2O6S. The first-order valence-electron chi connectivity index (χ1n) is 8.90. The number of nitrogens with zero attached hydrogens (tertiary/aromatic N) is 2. The molecule has 0 N–H and O–H groups in total. The highest BCUT2D eigenvalue weighted by Gasteiger charge is 2.26. The fourth-order valence-corrected chi connectivity index (χ4v) is 3.81. The molecule has 0 radical (unpaired) electrons. The van der Waals surface area contributed by atoms with Crippen LogP contribution in [-0.4, -0.2) is 63.0 Å². The summed E-state index contributed by atoms with van der Waals surface area (Å²) in [5.74, 6) is -0.874. The lowest BCUT2D eigenvalue weighted by atomic mass is 10.2. The number of ether oxygens (including phenoxy) is 1. The van der Waals surface area contributed by atoms with E-state index in [1.165, 1.54) is 38.4 Å². The van der Waals surface area contributed by atoms with E-state index in [1.807, 2.05) is 0 Å². The van der Waals surface area contributed by atoms with Crippen LogP contribution in [-0.2, 0) is 24.4 Å².